The van der Waals surface area contributed by atoms with Gasteiger partial charge in [-0.3, -0.25) is 14.5 Å². The minimum absolute atomic E-state index is 0.131. The third-order valence-electron chi connectivity index (χ3n) is 7.56. The number of carbonyl (C=O) groups is 1. The molecule has 3 heterocycles. The summed E-state index contributed by atoms with van der Waals surface area (Å²) in [5.41, 5.74) is 7.07. The fraction of sp³-hybridized carbons (Fsp3) is 0.355. The molecule has 0 radical (unpaired) electrons. The van der Waals surface area contributed by atoms with Gasteiger partial charge in [0.2, 0.25) is 11.2 Å². The molecule has 1 N–H and O–H groups in total. The molecule has 3 aromatic heterocycles. The number of hydrogen-bond acceptors (Lipinski definition) is 6. The van der Waals surface area contributed by atoms with E-state index in [1.165, 1.54) is 12.0 Å². The number of aromatic nitrogens is 6. The molecule has 0 spiro atoms. The molecule has 5 rings (SSSR count). The first-order chi connectivity index (χ1) is 20.8. The molecule has 0 aliphatic heterocycles. The first-order valence-corrected chi connectivity index (χ1v) is 15.3. The van der Waals surface area contributed by atoms with Crippen LogP contribution in [0.3, 0.4) is 0 Å². The lowest BCUT2D eigenvalue weighted by Gasteiger charge is -2.13. The van der Waals surface area contributed by atoms with Crippen molar-refractivity contribution in [3.8, 4) is 0 Å². The molecule has 2 aromatic carbocycles. The molecule has 43 heavy (non-hydrogen) atoms. The maximum atomic E-state index is 13.5. The lowest BCUT2D eigenvalue weighted by Crippen LogP contribution is -2.27. The number of carbonyl (C=O) groups excluding carboxylic acids is 1. The van der Waals surface area contributed by atoms with E-state index in [0.717, 1.165) is 33.4 Å². The zero-order chi connectivity index (χ0) is 30.7. The SMILES string of the molecule is CCn1nc(C)cc1C(=O)/N=c1\n(C)c2cccc(C(O)COSC)c2n1C/C=C/Cn1/c(=N/C)n(C)c2ccccc21. The van der Waals surface area contributed by atoms with Gasteiger partial charge < -0.3 is 27.6 Å². The van der Waals surface area contributed by atoms with Crippen LogP contribution in [-0.2, 0) is 37.9 Å². The van der Waals surface area contributed by atoms with E-state index in [0.29, 0.717) is 36.5 Å². The van der Waals surface area contributed by atoms with Gasteiger partial charge in [0.05, 0.1) is 34.4 Å². The molecule has 0 aliphatic carbocycles. The summed E-state index contributed by atoms with van der Waals surface area (Å²) >= 11 is 1.21. The fourth-order valence-electron chi connectivity index (χ4n) is 5.59. The molecule has 11 nitrogen and oxygen atoms in total. The van der Waals surface area contributed by atoms with E-state index in [1.807, 2.05) is 73.7 Å². The Morgan fingerprint density at radius 3 is 2.40 bits per heavy atom. The van der Waals surface area contributed by atoms with E-state index in [2.05, 4.69) is 48.5 Å². The molecule has 12 heteroatoms. The van der Waals surface area contributed by atoms with Gasteiger partial charge in [0.1, 0.15) is 11.8 Å². The van der Waals surface area contributed by atoms with Crippen LogP contribution in [0.15, 0.2) is 70.7 Å². The zero-order valence-electron chi connectivity index (χ0n) is 25.4. The number of para-hydroxylation sites is 3. The number of benzene rings is 2. The van der Waals surface area contributed by atoms with E-state index < -0.39 is 6.10 Å². The largest absolute Gasteiger partial charge is 0.386 e. The minimum atomic E-state index is -0.860. The van der Waals surface area contributed by atoms with Gasteiger partial charge in [-0.05, 0) is 50.2 Å². The highest BCUT2D eigenvalue weighted by Crippen LogP contribution is 2.25. The topological polar surface area (TPSA) is 109 Å². The molecule has 1 amide bonds. The molecule has 0 aliphatic rings. The van der Waals surface area contributed by atoms with Crippen LogP contribution in [0, 0.1) is 6.92 Å². The Morgan fingerprint density at radius 2 is 1.70 bits per heavy atom. The van der Waals surface area contributed by atoms with Crippen molar-refractivity contribution in [2.75, 3.05) is 19.9 Å². The van der Waals surface area contributed by atoms with Crippen LogP contribution in [0.4, 0.5) is 0 Å². The van der Waals surface area contributed by atoms with Crippen LogP contribution in [0.2, 0.25) is 0 Å². The van der Waals surface area contributed by atoms with Gasteiger partial charge in [0.15, 0.2) is 0 Å². The number of rotatable bonds is 10. The maximum absolute atomic E-state index is 13.5. The average Bonchev–Trinajstić information content (AvgIpc) is 3.63. The number of aliphatic hydroxyl groups is 1. The van der Waals surface area contributed by atoms with Crippen molar-refractivity contribution in [3.63, 3.8) is 0 Å². The van der Waals surface area contributed by atoms with E-state index in [-0.39, 0.29) is 12.5 Å². The Bertz CT molecular complexity index is 1950. The molecule has 0 fully saturated rings. The Balaban J connectivity index is 1.61. The molecule has 1 unspecified atom stereocenters. The number of allylic oxidation sites excluding steroid dienone is 2. The van der Waals surface area contributed by atoms with E-state index >= 15 is 0 Å². The lowest BCUT2D eigenvalue weighted by atomic mass is 10.1. The van der Waals surface area contributed by atoms with Crippen molar-refractivity contribution >= 4 is 40.0 Å². The monoisotopic (exact) mass is 602 g/mol. The lowest BCUT2D eigenvalue weighted by molar-refractivity contribution is 0.0985. The highest BCUT2D eigenvalue weighted by molar-refractivity contribution is 7.93. The van der Waals surface area contributed by atoms with Crippen LogP contribution in [0.5, 0.6) is 0 Å². The Hall–Kier alpha value is -4.13. The highest BCUT2D eigenvalue weighted by atomic mass is 32.2. The van der Waals surface area contributed by atoms with E-state index in [1.54, 1.807) is 17.8 Å². The van der Waals surface area contributed by atoms with Crippen LogP contribution >= 0.6 is 12.0 Å². The number of nitrogens with zero attached hydrogens (tertiary/aromatic N) is 8. The second-order valence-corrected chi connectivity index (χ2v) is 10.8. The van der Waals surface area contributed by atoms with Crippen LogP contribution in [0.1, 0.15) is 34.8 Å². The number of aryl methyl sites for hydroxylation is 4. The van der Waals surface area contributed by atoms with Crippen molar-refractivity contribution in [2.45, 2.75) is 39.6 Å². The summed E-state index contributed by atoms with van der Waals surface area (Å²) in [7, 11) is 5.69. The molecule has 5 aromatic rings. The second kappa shape index (κ2) is 13.0. The van der Waals surface area contributed by atoms with E-state index in [4.69, 9.17) is 4.18 Å². The average molecular weight is 603 g/mol. The van der Waals surface area contributed by atoms with Gasteiger partial charge in [-0.15, -0.1) is 0 Å². The van der Waals surface area contributed by atoms with Gasteiger partial charge in [0, 0.05) is 52.6 Å². The summed E-state index contributed by atoms with van der Waals surface area (Å²) in [5.74, 6) is -0.376. The number of amides is 1. The molecule has 0 saturated carbocycles. The number of hydrogen-bond donors (Lipinski definition) is 1. The van der Waals surface area contributed by atoms with Crippen LogP contribution in [-0.4, -0.2) is 59.0 Å². The third-order valence-corrected chi connectivity index (χ3v) is 7.93. The van der Waals surface area contributed by atoms with E-state index in [9.17, 15) is 9.90 Å². The predicted molar refractivity (Wildman–Crippen MR) is 169 cm³/mol. The Morgan fingerprint density at radius 1 is 1.02 bits per heavy atom. The van der Waals surface area contributed by atoms with Crippen molar-refractivity contribution < 1.29 is 14.1 Å². The Labute approximate surface area is 254 Å². The predicted octanol–water partition coefficient (Wildman–Crippen LogP) is 3.65. The molecular weight excluding hydrogens is 564 g/mol. The first kappa shape index (κ1) is 30.3. The smallest absolute Gasteiger partial charge is 0.298 e. The minimum Gasteiger partial charge on any atom is -0.386 e. The standard InChI is InChI=1S/C31H38N8O3S/c1-7-39-26(19-21(2)34-39)29(41)33-31-36(5)25-16-12-13-22(27(40)20-42-43-6)28(25)38(31)18-11-10-17-37-24-15-9-8-14-23(24)35(4)30(37)32-3/h8-16,19,27,40H,7,17-18,20H2,1-6H3/b11-10+,32-30+,33-31+. The summed E-state index contributed by atoms with van der Waals surface area (Å²) in [6, 6.07) is 15.7. The quantitative estimate of drug-likeness (QED) is 0.194. The first-order valence-electron chi connectivity index (χ1n) is 14.2. The van der Waals surface area contributed by atoms with Crippen molar-refractivity contribution in [2.24, 2.45) is 24.1 Å². The van der Waals surface area contributed by atoms with Crippen molar-refractivity contribution in [1.29, 1.82) is 0 Å². The second-order valence-electron chi connectivity index (χ2n) is 10.2. The van der Waals surface area contributed by atoms with Crippen molar-refractivity contribution in [1.82, 2.24) is 28.0 Å². The number of aliphatic hydroxyl groups excluding tert-OH is 1. The van der Waals surface area contributed by atoms with Crippen LogP contribution < -0.4 is 11.2 Å². The molecule has 0 bridgehead atoms. The number of fused-ring (bicyclic) bond motifs is 2. The Kier molecular flexibility index (Phi) is 9.19. The normalized spacial score (nSPS) is 13.7. The van der Waals surface area contributed by atoms with Crippen molar-refractivity contribution in [3.05, 3.63) is 88.9 Å². The van der Waals surface area contributed by atoms with Gasteiger partial charge in [-0.25, -0.2) is 0 Å². The molecule has 1 atom stereocenters. The maximum Gasteiger partial charge on any atom is 0.298 e. The third kappa shape index (κ3) is 5.77. The zero-order valence-corrected chi connectivity index (χ0v) is 26.2. The summed E-state index contributed by atoms with van der Waals surface area (Å²) in [6.45, 7) is 5.53. The van der Waals surface area contributed by atoms with Gasteiger partial charge in [-0.2, -0.15) is 10.1 Å². The van der Waals surface area contributed by atoms with Crippen LogP contribution in [0.25, 0.3) is 22.1 Å². The highest BCUT2D eigenvalue weighted by Gasteiger charge is 2.20. The molecule has 0 saturated heterocycles. The van der Waals surface area contributed by atoms with Gasteiger partial charge >= 0.3 is 0 Å². The van der Waals surface area contributed by atoms with Gasteiger partial charge in [0.25, 0.3) is 5.91 Å². The fourth-order valence-corrected chi connectivity index (χ4v) is 5.86. The van der Waals surface area contributed by atoms with Gasteiger partial charge in [-0.1, -0.05) is 36.4 Å². The number of imidazole rings is 2. The summed E-state index contributed by atoms with van der Waals surface area (Å²) < 4.78 is 15.2. The summed E-state index contributed by atoms with van der Waals surface area (Å²) in [4.78, 5) is 22.6. The summed E-state index contributed by atoms with van der Waals surface area (Å²) in [5, 5.41) is 15.5. The molecular formula is C31H38N8O3S. The molecule has 226 valence electrons. The summed E-state index contributed by atoms with van der Waals surface area (Å²) in [6.07, 6.45) is 5.10.